The number of piperidine rings is 1. The topological polar surface area (TPSA) is 78.5 Å². The van der Waals surface area contributed by atoms with E-state index in [1.54, 1.807) is 6.92 Å². The Hall–Kier alpha value is -1.24. The summed E-state index contributed by atoms with van der Waals surface area (Å²) in [5.41, 5.74) is 1.68. The van der Waals surface area contributed by atoms with Gasteiger partial charge in [-0.2, -0.15) is 0 Å². The number of aryl methyl sites for hydroxylation is 1. The molecule has 0 bridgehead atoms. The van der Waals surface area contributed by atoms with E-state index in [-0.39, 0.29) is 22.7 Å². The van der Waals surface area contributed by atoms with Crippen LogP contribution in [0.1, 0.15) is 22.6 Å². The Kier molecular flexibility index (Phi) is 4.91. The maximum Gasteiger partial charge on any atom is 0.269 e. The van der Waals surface area contributed by atoms with E-state index in [4.69, 9.17) is 28.0 Å². The zero-order valence-electron chi connectivity index (χ0n) is 11.2. The summed E-state index contributed by atoms with van der Waals surface area (Å²) in [6, 6.07) is -0.179. The largest absolute Gasteiger partial charge is 0.399 e. The molecule has 1 aliphatic rings. The summed E-state index contributed by atoms with van der Waals surface area (Å²) in [6.45, 7) is 3.14. The maximum atomic E-state index is 12.2. The van der Waals surface area contributed by atoms with Gasteiger partial charge in [0.25, 0.3) is 5.91 Å². The smallest absolute Gasteiger partial charge is 0.269 e. The minimum atomic E-state index is -0.305. The average Bonchev–Trinajstić information content (AvgIpc) is 2.69. The Balaban J connectivity index is 2.14. The second kappa shape index (κ2) is 6.47. The zero-order valence-corrected chi connectivity index (χ0v) is 12.7. The summed E-state index contributed by atoms with van der Waals surface area (Å²) in [5.74, 6) is -0.305. The molecule has 0 saturated carbocycles. The van der Waals surface area contributed by atoms with E-state index in [0.717, 1.165) is 18.7 Å². The number of amides is 1. The molecule has 20 heavy (non-hydrogen) atoms. The van der Waals surface area contributed by atoms with E-state index in [1.807, 2.05) is 0 Å². The molecule has 1 saturated heterocycles. The van der Waals surface area contributed by atoms with Crippen molar-refractivity contribution in [1.29, 1.82) is 0 Å². The summed E-state index contributed by atoms with van der Waals surface area (Å²) in [5, 5.41) is 10.6. The van der Waals surface area contributed by atoms with Crippen molar-refractivity contribution < 1.29 is 9.63 Å². The second-order valence-corrected chi connectivity index (χ2v) is 5.27. The van der Waals surface area contributed by atoms with Crippen molar-refractivity contribution in [2.24, 2.45) is 5.16 Å². The van der Waals surface area contributed by atoms with Gasteiger partial charge in [0.2, 0.25) is 0 Å². The molecule has 2 heterocycles. The average molecular weight is 319 g/mol. The van der Waals surface area contributed by atoms with Crippen molar-refractivity contribution in [3.05, 3.63) is 21.4 Å². The van der Waals surface area contributed by atoms with E-state index in [9.17, 15) is 4.79 Å². The Morgan fingerprint density at radius 1 is 1.45 bits per heavy atom. The van der Waals surface area contributed by atoms with Gasteiger partial charge < -0.3 is 20.5 Å². The van der Waals surface area contributed by atoms with Crippen molar-refractivity contribution in [3.63, 3.8) is 0 Å². The number of halogens is 2. The van der Waals surface area contributed by atoms with Crippen molar-refractivity contribution >= 4 is 34.8 Å². The van der Waals surface area contributed by atoms with Gasteiger partial charge in [0.15, 0.2) is 0 Å². The summed E-state index contributed by atoms with van der Waals surface area (Å²) in [6.07, 6.45) is 0.735. The number of hydrogen-bond acceptors (Lipinski definition) is 4. The van der Waals surface area contributed by atoms with Crippen LogP contribution in [0.4, 0.5) is 0 Å². The molecule has 6 nitrogen and oxygen atoms in total. The summed E-state index contributed by atoms with van der Waals surface area (Å²) < 4.78 is 0. The number of carbonyl (C=O) groups excluding carboxylic acids is 1. The molecule has 0 aromatic carbocycles. The molecule has 1 amide bonds. The molecule has 1 aromatic heterocycles. The lowest BCUT2D eigenvalue weighted by Gasteiger charge is -2.25. The van der Waals surface area contributed by atoms with Crippen molar-refractivity contribution in [1.82, 2.24) is 15.6 Å². The maximum absolute atomic E-state index is 12.2. The highest BCUT2D eigenvalue weighted by Gasteiger charge is 2.25. The molecule has 1 aromatic rings. The molecule has 0 aliphatic carbocycles. The van der Waals surface area contributed by atoms with Gasteiger partial charge in [-0.15, -0.1) is 0 Å². The normalized spacial score (nSPS) is 21.0. The number of nitrogens with zero attached hydrogens (tertiary/aromatic N) is 1. The predicted molar refractivity (Wildman–Crippen MR) is 78.7 cm³/mol. The molecule has 0 radical (unpaired) electrons. The monoisotopic (exact) mass is 318 g/mol. The Bertz CT molecular complexity index is 542. The minimum absolute atomic E-state index is 0.179. The van der Waals surface area contributed by atoms with Gasteiger partial charge in [-0.05, 0) is 19.9 Å². The number of rotatable bonds is 3. The lowest BCUT2D eigenvalue weighted by atomic mass is 10.0. The van der Waals surface area contributed by atoms with Gasteiger partial charge in [0.05, 0.1) is 21.8 Å². The number of hydrogen-bond donors (Lipinski definition) is 3. The SMILES string of the molecule is CO/N=C1/CNCCC1NC(=O)c1[nH]c(C)c(Cl)c1Cl. The first-order chi connectivity index (χ1) is 9.54. The molecule has 0 spiro atoms. The molecule has 1 unspecified atom stereocenters. The number of aromatic amines is 1. The molecule has 8 heteroatoms. The standard InChI is InChI=1S/C12H16Cl2N4O2/c1-6-9(13)10(14)11(16-6)12(19)17-7-3-4-15-5-8(7)18-20-2/h7,15-16H,3-5H2,1-2H3,(H,17,19)/b18-8-. The summed E-state index contributed by atoms with van der Waals surface area (Å²) in [7, 11) is 1.48. The van der Waals surface area contributed by atoms with E-state index < -0.39 is 0 Å². The van der Waals surface area contributed by atoms with Crippen LogP contribution in [-0.2, 0) is 4.84 Å². The van der Waals surface area contributed by atoms with Crippen LogP contribution in [0.5, 0.6) is 0 Å². The molecule has 3 N–H and O–H groups in total. The van der Waals surface area contributed by atoms with E-state index in [2.05, 4.69) is 20.8 Å². The number of carbonyl (C=O) groups is 1. The van der Waals surface area contributed by atoms with Gasteiger partial charge in [-0.1, -0.05) is 28.4 Å². The van der Waals surface area contributed by atoms with Gasteiger partial charge in [-0.3, -0.25) is 4.79 Å². The summed E-state index contributed by atoms with van der Waals surface area (Å²) >= 11 is 12.0. The number of aromatic nitrogens is 1. The van der Waals surface area contributed by atoms with Crippen LogP contribution in [0.3, 0.4) is 0 Å². The highest BCUT2D eigenvalue weighted by Crippen LogP contribution is 2.29. The molecule has 2 rings (SSSR count). The van der Waals surface area contributed by atoms with Crippen LogP contribution in [0, 0.1) is 6.92 Å². The first kappa shape index (κ1) is 15.2. The Labute approximate surface area is 126 Å². The van der Waals surface area contributed by atoms with Gasteiger partial charge in [0.1, 0.15) is 12.8 Å². The van der Waals surface area contributed by atoms with Crippen molar-refractivity contribution in [3.8, 4) is 0 Å². The first-order valence-electron chi connectivity index (χ1n) is 6.19. The molecule has 1 aliphatic heterocycles. The van der Waals surface area contributed by atoms with Gasteiger partial charge in [-0.25, -0.2) is 0 Å². The van der Waals surface area contributed by atoms with Crippen molar-refractivity contribution in [2.75, 3.05) is 20.2 Å². The van der Waals surface area contributed by atoms with Crippen LogP contribution >= 0.6 is 23.2 Å². The second-order valence-electron chi connectivity index (χ2n) is 4.51. The number of oxime groups is 1. The lowest BCUT2D eigenvalue weighted by molar-refractivity contribution is 0.0939. The third kappa shape index (κ3) is 3.08. The van der Waals surface area contributed by atoms with Crippen LogP contribution in [0.15, 0.2) is 5.16 Å². The number of nitrogens with one attached hydrogen (secondary N) is 3. The van der Waals surface area contributed by atoms with E-state index >= 15 is 0 Å². The Morgan fingerprint density at radius 2 is 2.20 bits per heavy atom. The molecular formula is C12H16Cl2N4O2. The van der Waals surface area contributed by atoms with Crippen molar-refractivity contribution in [2.45, 2.75) is 19.4 Å². The fourth-order valence-corrected chi connectivity index (χ4v) is 2.50. The highest BCUT2D eigenvalue weighted by atomic mass is 35.5. The molecule has 1 fully saturated rings. The van der Waals surface area contributed by atoms with Crippen LogP contribution in [0.25, 0.3) is 0 Å². The van der Waals surface area contributed by atoms with Crippen LogP contribution < -0.4 is 10.6 Å². The minimum Gasteiger partial charge on any atom is -0.399 e. The Morgan fingerprint density at radius 3 is 2.80 bits per heavy atom. The zero-order chi connectivity index (χ0) is 14.7. The predicted octanol–water partition coefficient (Wildman–Crippen LogP) is 1.72. The van der Waals surface area contributed by atoms with E-state index in [0.29, 0.717) is 17.3 Å². The van der Waals surface area contributed by atoms with Gasteiger partial charge in [0, 0.05) is 12.2 Å². The lowest BCUT2D eigenvalue weighted by Crippen LogP contribution is -2.50. The fourth-order valence-electron chi connectivity index (χ4n) is 2.08. The fraction of sp³-hybridized carbons (Fsp3) is 0.500. The quantitative estimate of drug-likeness (QED) is 0.742. The van der Waals surface area contributed by atoms with Gasteiger partial charge >= 0.3 is 0 Å². The third-order valence-electron chi connectivity index (χ3n) is 3.11. The van der Waals surface area contributed by atoms with Crippen LogP contribution in [-0.4, -0.2) is 42.8 Å². The molecule has 1 atom stereocenters. The molecule has 110 valence electrons. The highest BCUT2D eigenvalue weighted by molar-refractivity contribution is 6.44. The first-order valence-corrected chi connectivity index (χ1v) is 6.95. The molecular weight excluding hydrogens is 303 g/mol. The third-order valence-corrected chi connectivity index (χ3v) is 4.06. The van der Waals surface area contributed by atoms with E-state index in [1.165, 1.54) is 7.11 Å². The van der Waals surface area contributed by atoms with Crippen LogP contribution in [0.2, 0.25) is 10.0 Å². The number of H-pyrrole nitrogens is 1. The summed E-state index contributed by atoms with van der Waals surface area (Å²) in [4.78, 5) is 19.9.